The maximum Gasteiger partial charge on any atom is 0.148 e. The Morgan fingerprint density at radius 3 is 2.38 bits per heavy atom. The SMILES string of the molecule is CC.CSOc1c(C)ccc2ccccc12. The van der Waals surface area contributed by atoms with Crippen LogP contribution in [-0.2, 0) is 0 Å². The van der Waals surface area contributed by atoms with Crippen molar-refractivity contribution in [2.24, 2.45) is 0 Å². The molecular weight excluding hydrogens is 216 g/mol. The monoisotopic (exact) mass is 234 g/mol. The van der Waals surface area contributed by atoms with Crippen LogP contribution >= 0.6 is 12.0 Å². The molecule has 0 aliphatic carbocycles. The Balaban J connectivity index is 0.000000606. The van der Waals surface area contributed by atoms with E-state index in [0.717, 1.165) is 5.75 Å². The molecule has 0 unspecified atom stereocenters. The van der Waals surface area contributed by atoms with Crippen LogP contribution in [0.3, 0.4) is 0 Å². The number of rotatable bonds is 2. The highest BCUT2D eigenvalue weighted by Gasteiger charge is 2.04. The smallest absolute Gasteiger partial charge is 0.148 e. The third-order valence-corrected chi connectivity index (χ3v) is 2.58. The largest absolute Gasteiger partial charge is 0.425 e. The topological polar surface area (TPSA) is 9.23 Å². The molecule has 2 rings (SSSR count). The molecule has 16 heavy (non-hydrogen) atoms. The van der Waals surface area contributed by atoms with E-state index in [1.54, 1.807) is 0 Å². The van der Waals surface area contributed by atoms with E-state index in [-0.39, 0.29) is 0 Å². The summed E-state index contributed by atoms with van der Waals surface area (Å²) in [6.07, 6.45) is 1.93. The van der Waals surface area contributed by atoms with E-state index in [1.165, 1.54) is 28.4 Å². The van der Waals surface area contributed by atoms with Crippen LogP contribution < -0.4 is 4.18 Å². The van der Waals surface area contributed by atoms with Gasteiger partial charge in [0, 0.05) is 11.6 Å². The van der Waals surface area contributed by atoms with Crippen LogP contribution in [0.5, 0.6) is 5.75 Å². The summed E-state index contributed by atoms with van der Waals surface area (Å²) in [6.45, 7) is 6.07. The second-order valence-corrected chi connectivity index (χ2v) is 3.68. The fourth-order valence-corrected chi connectivity index (χ4v) is 1.93. The number of hydrogen-bond acceptors (Lipinski definition) is 2. The lowest BCUT2D eigenvalue weighted by Gasteiger charge is -2.08. The van der Waals surface area contributed by atoms with Crippen molar-refractivity contribution >= 4 is 22.8 Å². The maximum atomic E-state index is 5.57. The zero-order chi connectivity index (χ0) is 12.0. The molecule has 0 aliphatic rings. The Kier molecular flexibility index (Phi) is 5.20. The summed E-state index contributed by atoms with van der Waals surface area (Å²) in [4.78, 5) is 0. The molecule has 86 valence electrons. The third kappa shape index (κ3) is 2.70. The Morgan fingerprint density at radius 2 is 1.69 bits per heavy atom. The zero-order valence-electron chi connectivity index (χ0n) is 10.3. The highest BCUT2D eigenvalue weighted by atomic mass is 32.2. The first-order valence-corrected chi connectivity index (χ1v) is 6.67. The lowest BCUT2D eigenvalue weighted by molar-refractivity contribution is 0.652. The van der Waals surface area contributed by atoms with Crippen LogP contribution in [0.25, 0.3) is 10.8 Å². The maximum absolute atomic E-state index is 5.57. The Labute approximate surface area is 102 Å². The van der Waals surface area contributed by atoms with E-state index in [9.17, 15) is 0 Å². The average Bonchev–Trinajstić information content (AvgIpc) is 2.35. The summed E-state index contributed by atoms with van der Waals surface area (Å²) < 4.78 is 5.57. The fourth-order valence-electron chi connectivity index (χ4n) is 1.55. The van der Waals surface area contributed by atoms with Crippen LogP contribution in [0.2, 0.25) is 0 Å². The zero-order valence-corrected chi connectivity index (χ0v) is 11.1. The molecule has 1 nitrogen and oxygen atoms in total. The molecule has 0 saturated carbocycles. The first-order chi connectivity index (χ1) is 7.83. The van der Waals surface area contributed by atoms with E-state index in [0.29, 0.717) is 0 Å². The van der Waals surface area contributed by atoms with Crippen LogP contribution in [0.15, 0.2) is 36.4 Å². The first kappa shape index (κ1) is 12.9. The fraction of sp³-hybridized carbons (Fsp3) is 0.286. The summed E-state index contributed by atoms with van der Waals surface area (Å²) in [6, 6.07) is 12.5. The number of aryl methyl sites for hydroxylation is 1. The van der Waals surface area contributed by atoms with Crippen LogP contribution in [0, 0.1) is 6.92 Å². The van der Waals surface area contributed by atoms with Crippen molar-refractivity contribution in [1.82, 2.24) is 0 Å². The summed E-state index contributed by atoms with van der Waals surface area (Å²) in [5, 5.41) is 2.41. The van der Waals surface area contributed by atoms with Crippen LogP contribution in [-0.4, -0.2) is 6.26 Å². The van der Waals surface area contributed by atoms with Gasteiger partial charge in [0.15, 0.2) is 0 Å². The van der Waals surface area contributed by atoms with Gasteiger partial charge in [-0.2, -0.15) is 0 Å². The summed E-state index contributed by atoms with van der Waals surface area (Å²) >= 11 is 1.38. The third-order valence-electron chi connectivity index (χ3n) is 2.24. The highest BCUT2D eigenvalue weighted by Crippen LogP contribution is 2.30. The van der Waals surface area contributed by atoms with E-state index < -0.39 is 0 Å². The second kappa shape index (κ2) is 6.44. The lowest BCUT2D eigenvalue weighted by atomic mass is 10.1. The minimum atomic E-state index is 0.982. The van der Waals surface area contributed by atoms with E-state index >= 15 is 0 Å². The molecule has 0 radical (unpaired) electrons. The average molecular weight is 234 g/mol. The van der Waals surface area contributed by atoms with Crippen molar-refractivity contribution in [3.05, 3.63) is 42.0 Å². The highest BCUT2D eigenvalue weighted by molar-refractivity contribution is 7.94. The normalized spacial score (nSPS) is 9.50. The molecule has 0 aromatic heterocycles. The molecule has 0 aliphatic heterocycles. The summed E-state index contributed by atoms with van der Waals surface area (Å²) in [7, 11) is 0. The van der Waals surface area contributed by atoms with Crippen molar-refractivity contribution in [1.29, 1.82) is 0 Å². The summed E-state index contributed by atoms with van der Waals surface area (Å²) in [5.74, 6) is 0.982. The Bertz CT molecular complexity index is 451. The van der Waals surface area contributed by atoms with Gasteiger partial charge in [-0.3, -0.25) is 0 Å². The summed E-state index contributed by atoms with van der Waals surface area (Å²) in [5.41, 5.74) is 1.18. The molecule has 0 spiro atoms. The molecule has 0 heterocycles. The number of benzene rings is 2. The molecule has 0 atom stereocenters. The van der Waals surface area contributed by atoms with Gasteiger partial charge in [0.25, 0.3) is 0 Å². The van der Waals surface area contributed by atoms with Crippen molar-refractivity contribution in [2.45, 2.75) is 20.8 Å². The standard InChI is InChI=1S/C12H12OS.C2H6/c1-9-7-8-10-5-3-4-6-11(10)12(9)13-14-2;1-2/h3-8H,1-2H3;1-2H3. The van der Waals surface area contributed by atoms with E-state index in [1.807, 2.05) is 32.2 Å². The first-order valence-electron chi connectivity index (χ1n) is 5.52. The van der Waals surface area contributed by atoms with E-state index in [4.69, 9.17) is 4.18 Å². The molecule has 0 bridgehead atoms. The van der Waals surface area contributed by atoms with Crippen molar-refractivity contribution in [3.63, 3.8) is 0 Å². The Hall–Kier alpha value is -1.15. The van der Waals surface area contributed by atoms with Gasteiger partial charge in [-0.25, -0.2) is 0 Å². The van der Waals surface area contributed by atoms with Gasteiger partial charge < -0.3 is 4.18 Å². The molecule has 0 fully saturated rings. The van der Waals surface area contributed by atoms with Gasteiger partial charge in [-0.15, -0.1) is 0 Å². The molecule has 2 aromatic rings. The van der Waals surface area contributed by atoms with Crippen LogP contribution in [0.4, 0.5) is 0 Å². The number of fused-ring (bicyclic) bond motifs is 1. The minimum Gasteiger partial charge on any atom is -0.425 e. The van der Waals surface area contributed by atoms with Crippen LogP contribution in [0.1, 0.15) is 19.4 Å². The molecule has 0 saturated heterocycles. The quantitative estimate of drug-likeness (QED) is 0.688. The van der Waals surface area contributed by atoms with Gasteiger partial charge >= 0.3 is 0 Å². The van der Waals surface area contributed by atoms with Crippen molar-refractivity contribution in [2.75, 3.05) is 6.26 Å². The van der Waals surface area contributed by atoms with Crippen molar-refractivity contribution in [3.8, 4) is 5.75 Å². The predicted molar refractivity (Wildman–Crippen MR) is 74.2 cm³/mol. The second-order valence-electron chi connectivity index (χ2n) is 3.18. The van der Waals surface area contributed by atoms with Gasteiger partial charge in [0.2, 0.25) is 0 Å². The van der Waals surface area contributed by atoms with Gasteiger partial charge in [0.05, 0.1) is 12.0 Å². The van der Waals surface area contributed by atoms with E-state index in [2.05, 4.69) is 31.2 Å². The molecule has 2 aromatic carbocycles. The van der Waals surface area contributed by atoms with Crippen molar-refractivity contribution < 1.29 is 4.18 Å². The van der Waals surface area contributed by atoms with Gasteiger partial charge in [-0.05, 0) is 17.9 Å². The Morgan fingerprint density at radius 1 is 1.00 bits per heavy atom. The molecule has 2 heteroatoms. The molecule has 0 N–H and O–H groups in total. The number of hydrogen-bond donors (Lipinski definition) is 0. The molecule has 0 amide bonds. The van der Waals surface area contributed by atoms with Gasteiger partial charge in [0.1, 0.15) is 5.75 Å². The lowest BCUT2D eigenvalue weighted by Crippen LogP contribution is -1.86. The predicted octanol–water partition coefficient (Wildman–Crippen LogP) is 4.83. The van der Waals surface area contributed by atoms with Gasteiger partial charge in [-0.1, -0.05) is 50.2 Å². The molecular formula is C14H18OS. The minimum absolute atomic E-state index is 0.982.